The van der Waals surface area contributed by atoms with Crippen molar-refractivity contribution >= 4 is 6.29 Å². The van der Waals surface area contributed by atoms with Gasteiger partial charge in [0.05, 0.1) is 20.3 Å². The van der Waals surface area contributed by atoms with Crippen LogP contribution in [0.3, 0.4) is 0 Å². The molecule has 0 atom stereocenters. The van der Waals surface area contributed by atoms with Crippen LogP contribution in [-0.4, -0.2) is 42.9 Å². The van der Waals surface area contributed by atoms with Crippen molar-refractivity contribution in [2.75, 3.05) is 21.3 Å². The second-order valence-electron chi connectivity index (χ2n) is 4.28. The van der Waals surface area contributed by atoms with Crippen LogP contribution in [0.5, 0.6) is 0 Å². The Hall–Kier alpha value is -0.580. The molecule has 0 aliphatic rings. The minimum atomic E-state index is 0. The van der Waals surface area contributed by atoms with Crippen LogP contribution in [0.25, 0.3) is 0 Å². The Bertz CT molecular complexity index is 73.0. The quantitative estimate of drug-likeness (QED) is 0.469. The molecule has 0 spiro atoms. The lowest BCUT2D eigenvalue weighted by Crippen LogP contribution is -1.66. The van der Waals surface area contributed by atoms with E-state index in [2.05, 4.69) is 41.5 Å². The lowest BCUT2D eigenvalue weighted by atomic mass is 10.3. The van der Waals surface area contributed by atoms with Gasteiger partial charge in [-0.05, 0) is 18.8 Å². The smallest absolute Gasteiger partial charge is 0.400 e. The molecular formula is C16H45O4+3. The molecule has 0 aliphatic heterocycles. The topological polar surface area (TPSA) is 77.8 Å². The Morgan fingerprint density at radius 2 is 0.750 bits per heavy atom. The molecule has 0 saturated heterocycles. The Kier molecular flexibility index (Phi) is 217. The van der Waals surface area contributed by atoms with Crippen LogP contribution in [0.15, 0.2) is 0 Å². The zero-order chi connectivity index (χ0) is 18.6. The van der Waals surface area contributed by atoms with Gasteiger partial charge in [-0.2, -0.15) is 0 Å². The van der Waals surface area contributed by atoms with Gasteiger partial charge in [0.15, 0.2) is 0 Å². The molecule has 0 aromatic rings. The molecule has 0 unspecified atom stereocenters. The molecular weight excluding hydrogens is 256 g/mol. The minimum Gasteiger partial charge on any atom is -0.400 e. The summed E-state index contributed by atoms with van der Waals surface area (Å²) in [6.45, 7) is 18.4. The van der Waals surface area contributed by atoms with Crippen molar-refractivity contribution in [1.29, 1.82) is 0 Å². The number of aliphatic hydroxyl groups excluding tert-OH is 3. The van der Waals surface area contributed by atoms with Crippen LogP contribution in [0.4, 0.5) is 0 Å². The highest BCUT2D eigenvalue weighted by Crippen LogP contribution is 1.81. The zero-order valence-electron chi connectivity index (χ0n) is 18.1. The molecule has 0 bridgehead atoms. The van der Waals surface area contributed by atoms with Crippen molar-refractivity contribution in [2.24, 2.45) is 11.8 Å². The fourth-order valence-electron chi connectivity index (χ4n) is 0. The summed E-state index contributed by atoms with van der Waals surface area (Å²) in [6.07, 6.45) is 2.75. The van der Waals surface area contributed by atoms with Crippen molar-refractivity contribution in [2.45, 2.75) is 62.3 Å². The van der Waals surface area contributed by atoms with Crippen molar-refractivity contribution in [3.63, 3.8) is 0 Å². The summed E-state index contributed by atoms with van der Waals surface area (Å²) in [7, 11) is 3.00. The van der Waals surface area contributed by atoms with Crippen LogP contribution in [0.2, 0.25) is 0 Å². The molecule has 0 radical (unpaired) electrons. The Balaban J connectivity index is -0.0000000129. The monoisotopic (exact) mass is 301 g/mol. The molecule has 0 fully saturated rings. The third-order valence-electron chi connectivity index (χ3n) is 0. The van der Waals surface area contributed by atoms with Crippen molar-refractivity contribution in [1.82, 2.24) is 0 Å². The lowest BCUT2D eigenvalue weighted by Gasteiger charge is -1.79. The van der Waals surface area contributed by atoms with E-state index < -0.39 is 0 Å². The largest absolute Gasteiger partial charge is 1.00 e. The number of hydrogen-bond donors (Lipinski definition) is 3. The molecule has 4 heteroatoms. The number of hydrogen-bond acceptors (Lipinski definition) is 4. The van der Waals surface area contributed by atoms with E-state index in [-0.39, 0.29) is 2.85 Å². The third-order valence-corrected chi connectivity index (χ3v) is 0. The van der Waals surface area contributed by atoms with Crippen molar-refractivity contribution in [3.8, 4) is 0 Å². The third kappa shape index (κ3) is 14000. The second kappa shape index (κ2) is 102. The first-order valence-electron chi connectivity index (χ1n) is 6.77. The standard InChI is InChI=1S/2C4H10.C3H7.C2H4O.3CH4O/c2*1-4(2)3;1-3-2;1-2-3;3*1-2/h2*4H,1-3H3;3H,1-2H3;2H,1H3;3*2H,1H3/q;;+1;;;;/p+2. The highest BCUT2D eigenvalue weighted by atomic mass is 16.2. The zero-order valence-corrected chi connectivity index (χ0v) is 16.1. The first kappa shape index (κ1) is 42.7. The van der Waals surface area contributed by atoms with Crippen LogP contribution < -0.4 is 0 Å². The van der Waals surface area contributed by atoms with Gasteiger partial charge in [0.25, 0.3) is 0 Å². The van der Waals surface area contributed by atoms with E-state index in [9.17, 15) is 0 Å². The molecule has 0 aliphatic carbocycles. The van der Waals surface area contributed by atoms with E-state index in [1.54, 1.807) is 0 Å². The molecule has 0 rings (SSSR count). The first-order chi connectivity index (χ1) is 9.29. The van der Waals surface area contributed by atoms with Crippen LogP contribution in [-0.2, 0) is 4.79 Å². The maximum absolute atomic E-state index is 8.81. The number of aldehydes is 1. The molecule has 0 aromatic carbocycles. The number of rotatable bonds is 0. The predicted octanol–water partition coefficient (Wildman–Crippen LogP) is 3.81. The number of carbonyl (C=O) groups excluding carboxylic acids is 1. The summed E-state index contributed by atoms with van der Waals surface area (Å²) >= 11 is 0. The fraction of sp³-hybridized carbons (Fsp3) is 0.875. The summed E-state index contributed by atoms with van der Waals surface area (Å²) < 4.78 is 0. The van der Waals surface area contributed by atoms with Crippen LogP contribution >= 0.6 is 0 Å². The van der Waals surface area contributed by atoms with Gasteiger partial charge in [0.1, 0.15) is 6.29 Å². The van der Waals surface area contributed by atoms with E-state index >= 15 is 0 Å². The first-order valence-corrected chi connectivity index (χ1v) is 6.77. The summed E-state index contributed by atoms with van der Waals surface area (Å²) in [5.74, 6) is 1.67. The summed E-state index contributed by atoms with van der Waals surface area (Å²) in [5, 5.41) is 21.0. The Morgan fingerprint density at radius 3 is 0.750 bits per heavy atom. The Morgan fingerprint density at radius 1 is 0.750 bits per heavy atom. The molecule has 130 valence electrons. The molecule has 0 amide bonds. The van der Waals surface area contributed by atoms with Crippen molar-refractivity contribution in [3.05, 3.63) is 6.42 Å². The Labute approximate surface area is 132 Å². The molecule has 20 heavy (non-hydrogen) atoms. The second-order valence-corrected chi connectivity index (χ2v) is 4.28. The summed E-state index contributed by atoms with van der Waals surface area (Å²) in [4.78, 5) is 8.81. The van der Waals surface area contributed by atoms with Gasteiger partial charge in [-0.15, -0.1) is 0 Å². The highest BCUT2D eigenvalue weighted by molar-refractivity contribution is 5.44. The lowest BCUT2D eigenvalue weighted by molar-refractivity contribution is -0.106. The van der Waals surface area contributed by atoms with Gasteiger partial charge in [0, 0.05) is 21.3 Å². The van der Waals surface area contributed by atoms with Crippen molar-refractivity contribution < 1.29 is 23.0 Å². The van der Waals surface area contributed by atoms with Gasteiger partial charge in [-0.25, -0.2) is 0 Å². The molecule has 0 heterocycles. The minimum absolute atomic E-state index is 0. The van der Waals surface area contributed by atoms with Gasteiger partial charge in [0.2, 0.25) is 0 Å². The predicted molar refractivity (Wildman–Crippen MR) is 95.1 cm³/mol. The molecule has 4 nitrogen and oxygen atoms in total. The van der Waals surface area contributed by atoms with Gasteiger partial charge in [-0.3, -0.25) is 0 Å². The van der Waals surface area contributed by atoms with Crippen LogP contribution in [0.1, 0.15) is 65.2 Å². The average Bonchev–Trinajstić information content (AvgIpc) is 2.36. The fourth-order valence-corrected chi connectivity index (χ4v) is 0. The van der Waals surface area contributed by atoms with E-state index in [1.165, 1.54) is 6.92 Å². The summed E-state index contributed by atoms with van der Waals surface area (Å²) in [5.41, 5.74) is 0. The SMILES string of the molecule is CC(C)C.CC(C)C.CC=O.CO.CO.CO.C[CH+]C.[H+].[H+]. The van der Waals surface area contributed by atoms with E-state index in [4.69, 9.17) is 20.1 Å². The number of aliphatic hydroxyl groups is 3. The van der Waals surface area contributed by atoms with Gasteiger partial charge >= 0.3 is 2.85 Å². The maximum Gasteiger partial charge on any atom is 1.00 e. The molecule has 0 aromatic heterocycles. The highest BCUT2D eigenvalue weighted by Gasteiger charge is 1.68. The molecule has 0 saturated carbocycles. The normalized spacial score (nSPS) is 5.85. The van der Waals surface area contributed by atoms with E-state index in [1.807, 2.05) is 20.3 Å². The van der Waals surface area contributed by atoms with Gasteiger partial charge < -0.3 is 20.1 Å². The summed E-state index contributed by atoms with van der Waals surface area (Å²) in [6, 6.07) is 0. The number of carbonyl (C=O) groups is 1. The van der Waals surface area contributed by atoms with Gasteiger partial charge in [-0.1, -0.05) is 41.5 Å². The van der Waals surface area contributed by atoms with E-state index in [0.717, 1.165) is 39.5 Å². The molecule has 3 N–H and O–H groups in total. The maximum atomic E-state index is 8.81. The van der Waals surface area contributed by atoms with E-state index in [0.29, 0.717) is 0 Å². The average molecular weight is 302 g/mol. The van der Waals surface area contributed by atoms with Crippen LogP contribution in [0, 0.1) is 18.3 Å².